The summed E-state index contributed by atoms with van der Waals surface area (Å²) >= 11 is 7.12. The minimum Gasteiger partial charge on any atom is -0.477 e. The molecule has 9 heteroatoms. The molecule has 0 aliphatic heterocycles. The summed E-state index contributed by atoms with van der Waals surface area (Å²) in [6.45, 7) is 0. The molecular weight excluding hydrogens is 491 g/mol. The van der Waals surface area contributed by atoms with Gasteiger partial charge in [-0.05, 0) is 59.0 Å². The molecule has 0 saturated heterocycles. The van der Waals surface area contributed by atoms with Crippen molar-refractivity contribution in [2.75, 3.05) is 0 Å². The molecule has 0 amide bonds. The molecule has 0 radical (unpaired) electrons. The maximum atomic E-state index is 15.0. The first-order valence-corrected chi connectivity index (χ1v) is 11.8. The van der Waals surface area contributed by atoms with Crippen molar-refractivity contribution in [2.24, 2.45) is 12.2 Å². The van der Waals surface area contributed by atoms with Crippen molar-refractivity contribution in [1.29, 1.82) is 0 Å². The Morgan fingerprint density at radius 2 is 1.80 bits per heavy atom. The number of aromatic carboxylic acids is 1. The van der Waals surface area contributed by atoms with E-state index in [1.165, 1.54) is 16.7 Å². The van der Waals surface area contributed by atoms with Gasteiger partial charge in [-0.15, -0.1) is 11.3 Å². The Bertz CT molecular complexity index is 1450. The smallest absolute Gasteiger partial charge is 0.345 e. The highest BCUT2D eigenvalue weighted by atomic mass is 35.5. The minimum absolute atomic E-state index is 0.168. The zero-order chi connectivity index (χ0) is 25.1. The molecule has 35 heavy (non-hydrogen) atoms. The fourth-order valence-electron chi connectivity index (χ4n) is 3.99. The van der Waals surface area contributed by atoms with Gasteiger partial charge < -0.3 is 9.67 Å². The molecule has 2 aromatic heterocycles. The SMILES string of the molecule is Cn1cc(C(CC(c2ccc(-c3ccc(C(=O)O)s3)cc2)c2ccc(Cl)cc2F)N=O)ccc1=O. The molecule has 2 unspecified atom stereocenters. The number of pyridine rings is 1. The summed E-state index contributed by atoms with van der Waals surface area (Å²) < 4.78 is 16.4. The molecule has 4 rings (SSSR count). The largest absolute Gasteiger partial charge is 0.477 e. The molecule has 6 nitrogen and oxygen atoms in total. The van der Waals surface area contributed by atoms with Gasteiger partial charge in [0, 0.05) is 35.1 Å². The van der Waals surface area contributed by atoms with E-state index in [-0.39, 0.29) is 21.9 Å². The summed E-state index contributed by atoms with van der Waals surface area (Å²) in [5.74, 6) is -2.01. The van der Waals surface area contributed by atoms with Gasteiger partial charge in [0.1, 0.15) is 16.7 Å². The first-order valence-electron chi connectivity index (χ1n) is 10.6. The van der Waals surface area contributed by atoms with Crippen molar-refractivity contribution in [1.82, 2.24) is 4.57 Å². The molecule has 0 spiro atoms. The summed E-state index contributed by atoms with van der Waals surface area (Å²) in [6, 6.07) is 17.1. The molecular formula is C26H20ClFN2O4S. The van der Waals surface area contributed by atoms with Crippen molar-refractivity contribution in [3.63, 3.8) is 0 Å². The van der Waals surface area contributed by atoms with Crippen molar-refractivity contribution >= 4 is 28.9 Å². The van der Waals surface area contributed by atoms with E-state index in [4.69, 9.17) is 11.6 Å². The lowest BCUT2D eigenvalue weighted by molar-refractivity contribution is 0.0702. The predicted molar refractivity (Wildman–Crippen MR) is 135 cm³/mol. The van der Waals surface area contributed by atoms with Gasteiger partial charge in [-0.1, -0.05) is 47.1 Å². The normalized spacial score (nSPS) is 12.8. The van der Waals surface area contributed by atoms with Crippen LogP contribution in [-0.2, 0) is 7.05 Å². The topological polar surface area (TPSA) is 88.7 Å². The fraction of sp³-hybridized carbons (Fsp3) is 0.154. The number of hydrogen-bond acceptors (Lipinski definition) is 5. The highest BCUT2D eigenvalue weighted by Crippen LogP contribution is 2.38. The molecule has 0 bridgehead atoms. The van der Waals surface area contributed by atoms with Gasteiger partial charge in [0.25, 0.3) is 0 Å². The first-order chi connectivity index (χ1) is 16.8. The Kier molecular flexibility index (Phi) is 7.23. The van der Waals surface area contributed by atoms with Crippen LogP contribution < -0.4 is 5.56 Å². The molecule has 0 fully saturated rings. The van der Waals surface area contributed by atoms with Crippen LogP contribution in [0.4, 0.5) is 4.39 Å². The van der Waals surface area contributed by atoms with Crippen LogP contribution >= 0.6 is 22.9 Å². The number of benzene rings is 2. The van der Waals surface area contributed by atoms with E-state index in [0.29, 0.717) is 11.1 Å². The number of nitroso groups, excluding NO2 is 1. The van der Waals surface area contributed by atoms with Crippen LogP contribution in [0.2, 0.25) is 5.02 Å². The molecule has 178 valence electrons. The van der Waals surface area contributed by atoms with E-state index in [0.717, 1.165) is 27.3 Å². The number of halogens is 2. The Hall–Kier alpha value is -3.62. The number of thiophene rings is 1. The molecule has 2 aromatic carbocycles. The average molecular weight is 511 g/mol. The number of rotatable bonds is 8. The van der Waals surface area contributed by atoms with Crippen LogP contribution in [0.1, 0.15) is 44.7 Å². The molecule has 2 heterocycles. The van der Waals surface area contributed by atoms with E-state index in [9.17, 15) is 24.0 Å². The molecule has 0 saturated carbocycles. The van der Waals surface area contributed by atoms with Crippen LogP contribution in [0, 0.1) is 10.7 Å². The van der Waals surface area contributed by atoms with Gasteiger partial charge in [0.2, 0.25) is 5.56 Å². The van der Waals surface area contributed by atoms with E-state index < -0.39 is 23.7 Å². The third-order valence-electron chi connectivity index (χ3n) is 5.83. The summed E-state index contributed by atoms with van der Waals surface area (Å²) in [5.41, 5.74) is 2.28. The van der Waals surface area contributed by atoms with Crippen molar-refractivity contribution in [2.45, 2.75) is 18.4 Å². The summed E-state index contributed by atoms with van der Waals surface area (Å²) in [5, 5.41) is 12.7. The molecule has 0 aliphatic rings. The number of nitrogens with zero attached hydrogens (tertiary/aromatic N) is 2. The monoisotopic (exact) mass is 510 g/mol. The van der Waals surface area contributed by atoms with Gasteiger partial charge in [-0.3, -0.25) is 4.79 Å². The number of aromatic nitrogens is 1. The van der Waals surface area contributed by atoms with Crippen molar-refractivity contribution in [3.8, 4) is 10.4 Å². The van der Waals surface area contributed by atoms with Crippen LogP contribution in [0.25, 0.3) is 10.4 Å². The van der Waals surface area contributed by atoms with Gasteiger partial charge in [-0.2, -0.15) is 4.91 Å². The second kappa shape index (κ2) is 10.3. The van der Waals surface area contributed by atoms with E-state index >= 15 is 0 Å². The van der Waals surface area contributed by atoms with Gasteiger partial charge in [-0.25, -0.2) is 9.18 Å². The quantitative estimate of drug-likeness (QED) is 0.269. The number of carboxylic acids is 1. The van der Waals surface area contributed by atoms with Gasteiger partial charge >= 0.3 is 5.97 Å². The number of carboxylic acid groups (broad SMARTS) is 1. The lowest BCUT2D eigenvalue weighted by atomic mass is 9.84. The predicted octanol–water partition coefficient (Wildman–Crippen LogP) is 6.63. The minimum atomic E-state index is -0.984. The summed E-state index contributed by atoms with van der Waals surface area (Å²) in [4.78, 5) is 35.8. The zero-order valence-electron chi connectivity index (χ0n) is 18.5. The maximum absolute atomic E-state index is 15.0. The van der Waals surface area contributed by atoms with Crippen LogP contribution in [0.5, 0.6) is 0 Å². The lowest BCUT2D eigenvalue weighted by Gasteiger charge is -2.22. The number of carbonyl (C=O) groups is 1. The third kappa shape index (κ3) is 5.39. The van der Waals surface area contributed by atoms with E-state index in [1.54, 1.807) is 43.6 Å². The lowest BCUT2D eigenvalue weighted by Crippen LogP contribution is -2.16. The average Bonchev–Trinajstić information content (AvgIpc) is 3.34. The van der Waals surface area contributed by atoms with E-state index in [2.05, 4.69) is 5.18 Å². The number of aryl methyl sites for hydroxylation is 1. The van der Waals surface area contributed by atoms with Crippen LogP contribution in [-0.4, -0.2) is 15.6 Å². The van der Waals surface area contributed by atoms with Gasteiger partial charge in [0.05, 0.1) is 0 Å². The van der Waals surface area contributed by atoms with E-state index in [1.807, 2.05) is 24.3 Å². The fourth-order valence-corrected chi connectivity index (χ4v) is 5.00. The summed E-state index contributed by atoms with van der Waals surface area (Å²) in [6.07, 6.45) is 1.73. The Labute approximate surface area is 209 Å². The Morgan fingerprint density at radius 1 is 1.09 bits per heavy atom. The highest BCUT2D eigenvalue weighted by Gasteiger charge is 2.25. The second-order valence-electron chi connectivity index (χ2n) is 8.08. The van der Waals surface area contributed by atoms with Crippen LogP contribution in [0.15, 0.2) is 82.9 Å². The Balaban J connectivity index is 1.72. The number of hydrogen-bond donors (Lipinski definition) is 1. The molecule has 4 aromatic rings. The zero-order valence-corrected chi connectivity index (χ0v) is 20.1. The first kappa shape index (κ1) is 24.5. The third-order valence-corrected chi connectivity index (χ3v) is 7.19. The molecule has 2 atom stereocenters. The van der Waals surface area contributed by atoms with Crippen molar-refractivity contribution < 1.29 is 14.3 Å². The highest BCUT2D eigenvalue weighted by molar-refractivity contribution is 7.17. The summed E-state index contributed by atoms with van der Waals surface area (Å²) in [7, 11) is 1.59. The maximum Gasteiger partial charge on any atom is 0.345 e. The van der Waals surface area contributed by atoms with Gasteiger partial charge in [0.15, 0.2) is 0 Å². The van der Waals surface area contributed by atoms with Crippen LogP contribution in [0.3, 0.4) is 0 Å². The standard InChI is InChI=1S/C26H20ClFN2O4S/c1-30-14-17(6-11-25(30)31)22(29-34)13-20(19-8-7-18(27)12-21(19)28)15-2-4-16(5-3-15)23-9-10-24(35-23)26(32)33/h2-12,14,20,22H,13H2,1H3,(H,32,33). The molecule has 0 aliphatic carbocycles. The van der Waals surface area contributed by atoms with Crippen molar-refractivity contribution in [3.05, 3.63) is 121 Å². The second-order valence-corrected chi connectivity index (χ2v) is 9.60. The molecule has 1 N–H and O–H groups in total. The Morgan fingerprint density at radius 3 is 2.40 bits per heavy atom.